The molecule has 0 aliphatic carbocycles. The fourth-order valence-electron chi connectivity index (χ4n) is 1.90. The van der Waals surface area contributed by atoms with Crippen LogP contribution in [0, 0.1) is 5.82 Å². The summed E-state index contributed by atoms with van der Waals surface area (Å²) in [7, 11) is 0. The minimum absolute atomic E-state index is 0.108. The number of halogens is 2. The summed E-state index contributed by atoms with van der Waals surface area (Å²) in [6.45, 7) is -0.246. The van der Waals surface area contributed by atoms with Crippen LogP contribution in [0.15, 0.2) is 46.9 Å². The number of aliphatic hydroxyl groups is 1. The monoisotopic (exact) mass is 352 g/mol. The van der Waals surface area contributed by atoms with Crippen molar-refractivity contribution in [3.05, 3.63) is 63.9 Å². The molecule has 2 aromatic rings. The highest BCUT2D eigenvalue weighted by Gasteiger charge is 2.18. The third-order valence-corrected chi connectivity index (χ3v) is 3.68. The van der Waals surface area contributed by atoms with Gasteiger partial charge in [-0.15, -0.1) is 0 Å². The molecule has 0 aliphatic heterocycles. The van der Waals surface area contributed by atoms with Crippen LogP contribution in [-0.2, 0) is 0 Å². The largest absolute Gasteiger partial charge is 0.396 e. The van der Waals surface area contributed by atoms with E-state index in [1.54, 1.807) is 12.1 Å². The first kappa shape index (κ1) is 15.5. The molecule has 6 heteroatoms. The van der Waals surface area contributed by atoms with Crippen LogP contribution in [0.2, 0.25) is 0 Å². The van der Waals surface area contributed by atoms with Crippen molar-refractivity contribution in [3.63, 3.8) is 0 Å². The Morgan fingerprint density at radius 1 is 1.33 bits per heavy atom. The van der Waals surface area contributed by atoms with Gasteiger partial charge in [0.25, 0.3) is 5.91 Å². The van der Waals surface area contributed by atoms with Crippen molar-refractivity contribution >= 4 is 27.5 Å². The summed E-state index contributed by atoms with van der Waals surface area (Å²) in [6, 6.07) is 10.9. The summed E-state index contributed by atoms with van der Waals surface area (Å²) in [5.41, 5.74) is 6.36. The molecule has 2 aromatic carbocycles. The average molecular weight is 353 g/mol. The normalized spacial score (nSPS) is 12.0. The van der Waals surface area contributed by atoms with Crippen LogP contribution in [0.4, 0.5) is 10.1 Å². The van der Waals surface area contributed by atoms with Gasteiger partial charge in [0.15, 0.2) is 0 Å². The summed E-state index contributed by atoms with van der Waals surface area (Å²) < 4.78 is 13.6. The van der Waals surface area contributed by atoms with Crippen molar-refractivity contribution in [1.29, 1.82) is 0 Å². The molecule has 0 saturated carbocycles. The van der Waals surface area contributed by atoms with Crippen molar-refractivity contribution in [3.8, 4) is 0 Å². The number of benzene rings is 2. The second-order valence-electron chi connectivity index (χ2n) is 4.47. The molecule has 0 bridgehead atoms. The Kier molecular flexibility index (Phi) is 4.93. The Hall–Kier alpha value is -1.92. The first-order valence-electron chi connectivity index (χ1n) is 6.24. The Labute approximate surface area is 129 Å². The molecule has 0 heterocycles. The molecular formula is C15H14BrFN2O2. The molecule has 2 rings (SSSR count). The lowest BCUT2D eigenvalue weighted by Crippen LogP contribution is -2.31. The highest BCUT2D eigenvalue weighted by Crippen LogP contribution is 2.23. The molecule has 0 radical (unpaired) electrons. The second-order valence-corrected chi connectivity index (χ2v) is 5.33. The number of carbonyl (C=O) groups excluding carboxylic acids is 1. The van der Waals surface area contributed by atoms with Gasteiger partial charge in [-0.3, -0.25) is 4.79 Å². The van der Waals surface area contributed by atoms with E-state index < -0.39 is 17.8 Å². The molecule has 21 heavy (non-hydrogen) atoms. The van der Waals surface area contributed by atoms with Gasteiger partial charge in [0.1, 0.15) is 5.82 Å². The van der Waals surface area contributed by atoms with Gasteiger partial charge in [-0.1, -0.05) is 30.3 Å². The summed E-state index contributed by atoms with van der Waals surface area (Å²) in [6.07, 6.45) is 0. The Morgan fingerprint density at radius 3 is 2.62 bits per heavy atom. The van der Waals surface area contributed by atoms with Crippen molar-refractivity contribution < 1.29 is 14.3 Å². The average Bonchev–Trinajstić information content (AvgIpc) is 2.49. The quantitative estimate of drug-likeness (QED) is 0.740. The van der Waals surface area contributed by atoms with Crippen molar-refractivity contribution in [2.24, 2.45) is 0 Å². The van der Waals surface area contributed by atoms with E-state index in [0.717, 1.165) is 11.6 Å². The fourth-order valence-corrected chi connectivity index (χ4v) is 2.39. The second kappa shape index (κ2) is 6.69. The van der Waals surface area contributed by atoms with Crippen LogP contribution in [-0.4, -0.2) is 17.6 Å². The number of rotatable bonds is 4. The Bertz CT molecular complexity index is 650. The van der Waals surface area contributed by atoms with Crippen LogP contribution in [0.5, 0.6) is 0 Å². The van der Waals surface area contributed by atoms with Crippen LogP contribution < -0.4 is 11.1 Å². The number of anilines is 1. The number of nitrogen functional groups attached to an aromatic ring is 1. The number of hydrogen-bond donors (Lipinski definition) is 3. The first-order chi connectivity index (χ1) is 10.0. The molecule has 1 amide bonds. The number of nitrogens with one attached hydrogen (secondary N) is 1. The highest BCUT2D eigenvalue weighted by atomic mass is 79.9. The maximum atomic E-state index is 13.3. The van der Waals surface area contributed by atoms with Crippen LogP contribution in [0.1, 0.15) is 22.0 Å². The van der Waals surface area contributed by atoms with Gasteiger partial charge >= 0.3 is 0 Å². The van der Waals surface area contributed by atoms with E-state index in [2.05, 4.69) is 21.2 Å². The molecule has 0 spiro atoms. The van der Waals surface area contributed by atoms with E-state index in [9.17, 15) is 14.3 Å². The van der Waals surface area contributed by atoms with Crippen LogP contribution >= 0.6 is 15.9 Å². The molecule has 4 N–H and O–H groups in total. The predicted octanol–water partition coefficient (Wildman–Crippen LogP) is 2.63. The number of hydrogen-bond acceptors (Lipinski definition) is 3. The van der Waals surface area contributed by atoms with Gasteiger partial charge < -0.3 is 16.2 Å². The molecule has 0 aromatic heterocycles. The molecule has 0 unspecified atom stereocenters. The van der Waals surface area contributed by atoms with Gasteiger partial charge in [-0.25, -0.2) is 4.39 Å². The zero-order valence-electron chi connectivity index (χ0n) is 11.0. The van der Waals surface area contributed by atoms with Crippen LogP contribution in [0.3, 0.4) is 0 Å². The van der Waals surface area contributed by atoms with Crippen molar-refractivity contribution in [2.45, 2.75) is 6.04 Å². The van der Waals surface area contributed by atoms with E-state index in [1.165, 1.54) is 6.07 Å². The number of amides is 1. The van der Waals surface area contributed by atoms with E-state index in [4.69, 9.17) is 5.73 Å². The minimum Gasteiger partial charge on any atom is -0.396 e. The third kappa shape index (κ3) is 3.59. The highest BCUT2D eigenvalue weighted by molar-refractivity contribution is 9.10. The lowest BCUT2D eigenvalue weighted by atomic mass is 10.1. The maximum absolute atomic E-state index is 13.3. The van der Waals surface area contributed by atoms with Gasteiger partial charge in [-0.2, -0.15) is 0 Å². The van der Waals surface area contributed by atoms with Gasteiger partial charge in [0, 0.05) is 4.47 Å². The summed E-state index contributed by atoms with van der Waals surface area (Å²) in [5.74, 6) is -1.04. The van der Waals surface area contributed by atoms with Crippen LogP contribution in [0.25, 0.3) is 0 Å². The third-order valence-electron chi connectivity index (χ3n) is 3.02. The Balaban J connectivity index is 2.23. The van der Waals surface area contributed by atoms with Crippen molar-refractivity contribution in [2.75, 3.05) is 12.3 Å². The number of aliphatic hydroxyl groups excluding tert-OH is 1. The summed E-state index contributed by atoms with van der Waals surface area (Å²) >= 11 is 3.13. The maximum Gasteiger partial charge on any atom is 0.253 e. The molecule has 0 saturated heterocycles. The van der Waals surface area contributed by atoms with Gasteiger partial charge in [0.2, 0.25) is 0 Å². The number of carbonyl (C=O) groups is 1. The standard InChI is InChI=1S/C15H14BrFN2O2/c16-11-7-12(17)13(18)6-10(11)15(21)19-14(8-20)9-4-2-1-3-5-9/h1-7,14,20H,8,18H2,(H,19,21)/t14-/m1/s1. The topological polar surface area (TPSA) is 75.4 Å². The molecule has 4 nitrogen and oxygen atoms in total. The van der Waals surface area contributed by atoms with Gasteiger partial charge in [0.05, 0.1) is 23.9 Å². The van der Waals surface area contributed by atoms with E-state index in [1.807, 2.05) is 18.2 Å². The molecule has 0 fully saturated rings. The predicted molar refractivity (Wildman–Crippen MR) is 82.2 cm³/mol. The van der Waals surface area contributed by atoms with E-state index in [-0.39, 0.29) is 17.9 Å². The SMILES string of the molecule is Nc1cc(C(=O)N[C@H](CO)c2ccccc2)c(Br)cc1F. The van der Waals surface area contributed by atoms with E-state index in [0.29, 0.717) is 4.47 Å². The zero-order valence-corrected chi connectivity index (χ0v) is 12.6. The lowest BCUT2D eigenvalue weighted by Gasteiger charge is -2.17. The summed E-state index contributed by atoms with van der Waals surface area (Å²) in [4.78, 5) is 12.2. The molecule has 110 valence electrons. The fraction of sp³-hybridized carbons (Fsp3) is 0.133. The first-order valence-corrected chi connectivity index (χ1v) is 7.03. The molecule has 1 atom stereocenters. The van der Waals surface area contributed by atoms with Gasteiger partial charge in [-0.05, 0) is 33.6 Å². The number of nitrogens with two attached hydrogens (primary N) is 1. The zero-order chi connectivity index (χ0) is 15.4. The Morgan fingerprint density at radius 2 is 2.00 bits per heavy atom. The van der Waals surface area contributed by atoms with Crippen molar-refractivity contribution in [1.82, 2.24) is 5.32 Å². The smallest absolute Gasteiger partial charge is 0.253 e. The molecular weight excluding hydrogens is 339 g/mol. The van der Waals surface area contributed by atoms with E-state index >= 15 is 0 Å². The minimum atomic E-state index is -0.597. The summed E-state index contributed by atoms with van der Waals surface area (Å²) in [5, 5.41) is 12.1. The molecule has 0 aliphatic rings. The lowest BCUT2D eigenvalue weighted by molar-refractivity contribution is 0.0915.